The molecule has 0 atom stereocenters. The molecule has 9 heteroatoms. The molecule has 3 rings (SSSR count). The maximum atomic E-state index is 4.32. The van der Waals surface area contributed by atoms with Crippen LogP contribution >= 0.6 is 11.3 Å². The largest absolute Gasteiger partial charge is 0.228 e. The zero-order chi connectivity index (χ0) is 13.1. The van der Waals surface area contributed by atoms with Gasteiger partial charge < -0.3 is 0 Å². The fourth-order valence-electron chi connectivity index (χ4n) is 1.66. The fourth-order valence-corrected chi connectivity index (χ4v) is 2.31. The van der Waals surface area contributed by atoms with Crippen molar-refractivity contribution in [1.29, 1.82) is 0 Å². The zero-order valence-corrected chi connectivity index (χ0v) is 11.2. The first-order chi connectivity index (χ1) is 9.36. The van der Waals surface area contributed by atoms with Crippen LogP contribution in [0.4, 0.5) is 0 Å². The van der Waals surface area contributed by atoms with Crippen molar-refractivity contribution in [3.63, 3.8) is 0 Å². The van der Waals surface area contributed by atoms with Crippen LogP contribution in [0.15, 0.2) is 17.5 Å². The molecule has 0 saturated heterocycles. The Kier molecular flexibility index (Phi) is 3.27. The minimum absolute atomic E-state index is 0.422. The van der Waals surface area contributed by atoms with E-state index in [1.54, 1.807) is 16.0 Å². The minimum atomic E-state index is 0.422. The molecule has 8 nitrogen and oxygen atoms in total. The van der Waals surface area contributed by atoms with Crippen LogP contribution in [0, 0.1) is 0 Å². The molecule has 3 heterocycles. The molecule has 0 N–H and O–H groups in total. The highest BCUT2D eigenvalue weighted by Gasteiger charge is 2.10. The van der Waals surface area contributed by atoms with Crippen molar-refractivity contribution in [3.05, 3.63) is 23.3 Å². The maximum Gasteiger partial charge on any atom is 0.214 e. The molecule has 98 valence electrons. The topological polar surface area (TPSA) is 87.2 Å². The summed E-state index contributed by atoms with van der Waals surface area (Å²) in [5, 5.41) is 25.9. The van der Waals surface area contributed by atoms with Crippen molar-refractivity contribution >= 4 is 11.3 Å². The van der Waals surface area contributed by atoms with Gasteiger partial charge in [-0.05, 0) is 33.5 Å². The highest BCUT2D eigenvalue weighted by Crippen LogP contribution is 2.19. The van der Waals surface area contributed by atoms with Gasteiger partial charge in [-0.2, -0.15) is 4.80 Å². The first-order valence-electron chi connectivity index (χ1n) is 5.93. The van der Waals surface area contributed by atoms with E-state index in [0.29, 0.717) is 12.4 Å². The zero-order valence-electron chi connectivity index (χ0n) is 10.3. The second-order valence-electron chi connectivity index (χ2n) is 3.94. The van der Waals surface area contributed by atoms with Crippen molar-refractivity contribution in [2.75, 3.05) is 0 Å². The monoisotopic (exact) mass is 276 g/mol. The molecule has 0 saturated carbocycles. The van der Waals surface area contributed by atoms with Crippen LogP contribution < -0.4 is 0 Å². The molecule has 0 unspecified atom stereocenters. The van der Waals surface area contributed by atoms with Gasteiger partial charge in [0.2, 0.25) is 5.82 Å². The number of nitrogens with zero attached hydrogens (tertiary/aromatic N) is 8. The lowest BCUT2D eigenvalue weighted by Gasteiger charge is -2.00. The summed E-state index contributed by atoms with van der Waals surface area (Å²) < 4.78 is 1.76. The van der Waals surface area contributed by atoms with Gasteiger partial charge in [-0.15, -0.1) is 26.6 Å². The smallest absolute Gasteiger partial charge is 0.214 e. The molecular weight excluding hydrogens is 264 g/mol. The molecule has 0 amide bonds. The SMILES string of the molecule is CCCn1nnnc1Cn1nnc(-c2cccs2)n1. The third-order valence-corrected chi connectivity index (χ3v) is 3.38. The Hall–Kier alpha value is -2.16. The summed E-state index contributed by atoms with van der Waals surface area (Å²) >= 11 is 1.58. The number of rotatable bonds is 5. The molecular formula is C10H12N8S. The maximum absolute atomic E-state index is 4.32. The average molecular weight is 276 g/mol. The molecule has 0 radical (unpaired) electrons. The average Bonchev–Trinajstić information content (AvgIpc) is 3.12. The third kappa shape index (κ3) is 2.50. The van der Waals surface area contributed by atoms with Gasteiger partial charge in [-0.1, -0.05) is 13.0 Å². The van der Waals surface area contributed by atoms with Gasteiger partial charge in [0.1, 0.15) is 6.54 Å². The molecule has 0 bridgehead atoms. The first-order valence-corrected chi connectivity index (χ1v) is 6.81. The second-order valence-corrected chi connectivity index (χ2v) is 4.89. The van der Waals surface area contributed by atoms with Crippen molar-refractivity contribution < 1.29 is 0 Å². The molecule has 19 heavy (non-hydrogen) atoms. The molecule has 0 aliphatic heterocycles. The van der Waals surface area contributed by atoms with Crippen LogP contribution in [-0.4, -0.2) is 40.4 Å². The van der Waals surface area contributed by atoms with Gasteiger partial charge in [0.05, 0.1) is 4.88 Å². The lowest BCUT2D eigenvalue weighted by Crippen LogP contribution is -2.12. The van der Waals surface area contributed by atoms with Crippen molar-refractivity contribution in [3.8, 4) is 10.7 Å². The Morgan fingerprint density at radius 1 is 1.26 bits per heavy atom. The Labute approximate surface area is 113 Å². The molecule has 0 spiro atoms. The van der Waals surface area contributed by atoms with Gasteiger partial charge in [0.15, 0.2) is 5.82 Å². The Morgan fingerprint density at radius 3 is 3.00 bits per heavy atom. The summed E-state index contributed by atoms with van der Waals surface area (Å²) in [6, 6.07) is 3.93. The molecule has 3 aromatic rings. The van der Waals surface area contributed by atoms with Crippen LogP contribution in [0.1, 0.15) is 19.2 Å². The number of tetrazole rings is 2. The van der Waals surface area contributed by atoms with Crippen molar-refractivity contribution in [2.45, 2.75) is 26.4 Å². The predicted octanol–water partition coefficient (Wildman–Crippen LogP) is 0.846. The quantitative estimate of drug-likeness (QED) is 0.686. The first kappa shape index (κ1) is 11.9. The number of hydrogen-bond acceptors (Lipinski definition) is 7. The van der Waals surface area contributed by atoms with Crippen molar-refractivity contribution in [2.24, 2.45) is 0 Å². The van der Waals surface area contributed by atoms with E-state index in [1.807, 2.05) is 17.5 Å². The van der Waals surface area contributed by atoms with E-state index in [1.165, 1.54) is 4.80 Å². The molecule has 0 aliphatic rings. The molecule has 0 aliphatic carbocycles. The third-order valence-electron chi connectivity index (χ3n) is 2.52. The van der Waals surface area contributed by atoms with E-state index in [0.717, 1.165) is 23.7 Å². The van der Waals surface area contributed by atoms with Gasteiger partial charge in [-0.3, -0.25) is 0 Å². The molecule has 0 aromatic carbocycles. The summed E-state index contributed by atoms with van der Waals surface area (Å²) in [5.41, 5.74) is 0. The fraction of sp³-hybridized carbons (Fsp3) is 0.400. The van der Waals surface area contributed by atoms with E-state index in [9.17, 15) is 0 Å². The molecule has 0 fully saturated rings. The summed E-state index contributed by atoms with van der Waals surface area (Å²) in [5.74, 6) is 1.36. The normalized spacial score (nSPS) is 11.0. The summed E-state index contributed by atoms with van der Waals surface area (Å²) in [6.45, 7) is 3.29. The van der Waals surface area contributed by atoms with Crippen LogP contribution in [0.2, 0.25) is 0 Å². The van der Waals surface area contributed by atoms with Crippen LogP contribution in [0.25, 0.3) is 10.7 Å². The Bertz CT molecular complexity index is 640. The lowest BCUT2D eigenvalue weighted by atomic mass is 10.4. The Morgan fingerprint density at radius 2 is 2.21 bits per heavy atom. The van der Waals surface area contributed by atoms with Crippen molar-refractivity contribution in [1.82, 2.24) is 40.4 Å². The number of aromatic nitrogens is 8. The van der Waals surface area contributed by atoms with E-state index in [4.69, 9.17) is 0 Å². The second kappa shape index (κ2) is 5.22. The van der Waals surface area contributed by atoms with Gasteiger partial charge in [0, 0.05) is 6.54 Å². The number of thiophene rings is 1. The van der Waals surface area contributed by atoms with E-state index in [2.05, 4.69) is 37.9 Å². The van der Waals surface area contributed by atoms with E-state index in [-0.39, 0.29) is 0 Å². The Balaban J connectivity index is 1.78. The summed E-state index contributed by atoms with van der Waals surface area (Å²) in [7, 11) is 0. The van der Waals surface area contributed by atoms with Crippen LogP contribution in [-0.2, 0) is 13.1 Å². The minimum Gasteiger partial charge on any atom is -0.228 e. The highest BCUT2D eigenvalue weighted by atomic mass is 32.1. The molecule has 3 aromatic heterocycles. The predicted molar refractivity (Wildman–Crippen MR) is 68.3 cm³/mol. The van der Waals surface area contributed by atoms with E-state index < -0.39 is 0 Å². The number of aryl methyl sites for hydroxylation is 1. The number of hydrogen-bond donors (Lipinski definition) is 0. The van der Waals surface area contributed by atoms with Gasteiger partial charge in [-0.25, -0.2) is 4.68 Å². The van der Waals surface area contributed by atoms with E-state index >= 15 is 0 Å². The van der Waals surface area contributed by atoms with Crippen LogP contribution in [0.3, 0.4) is 0 Å². The highest BCUT2D eigenvalue weighted by molar-refractivity contribution is 7.13. The van der Waals surface area contributed by atoms with Gasteiger partial charge >= 0.3 is 0 Å². The van der Waals surface area contributed by atoms with Gasteiger partial charge in [0.25, 0.3) is 0 Å². The summed E-state index contributed by atoms with van der Waals surface area (Å²) in [6.07, 6.45) is 0.975. The summed E-state index contributed by atoms with van der Waals surface area (Å²) in [4.78, 5) is 2.51. The lowest BCUT2D eigenvalue weighted by molar-refractivity contribution is 0.500. The van der Waals surface area contributed by atoms with Crippen LogP contribution in [0.5, 0.6) is 0 Å². The standard InChI is InChI=1S/C10H12N8S/c1-2-5-17-9(11-14-16-17)7-18-13-10(12-15-18)8-4-3-6-19-8/h3-4,6H,2,5,7H2,1H3.